The lowest BCUT2D eigenvalue weighted by molar-refractivity contribution is -0.145. The first-order valence-corrected chi connectivity index (χ1v) is 23.2. The molecular formula is C54H58O18. The second-order valence-electron chi connectivity index (χ2n) is 15.4. The fourth-order valence-corrected chi connectivity index (χ4v) is 6.77. The van der Waals surface area contributed by atoms with Crippen LogP contribution in [0.5, 0.6) is 34.5 Å². The average Bonchev–Trinajstić information content (AvgIpc) is 3.41. The number of hydrogen-bond donors (Lipinski definition) is 0. The van der Waals surface area contributed by atoms with Gasteiger partial charge >= 0.3 is 47.8 Å². The van der Waals surface area contributed by atoms with E-state index >= 15 is 0 Å². The Hall–Kier alpha value is -8.28. The Balaban J connectivity index is 0.00000555. The van der Waals surface area contributed by atoms with E-state index in [1.807, 2.05) is 13.8 Å². The molecule has 5 rings (SSSR count). The van der Waals surface area contributed by atoms with Crippen LogP contribution in [-0.4, -0.2) is 88.4 Å². The molecule has 0 aromatic heterocycles. The molecule has 0 aliphatic heterocycles. The van der Waals surface area contributed by atoms with Gasteiger partial charge in [0.2, 0.25) is 0 Å². The Labute approximate surface area is 417 Å². The summed E-state index contributed by atoms with van der Waals surface area (Å²) in [6.07, 6.45) is 5.58. The standard InChI is InChI=1S/C52H52O18.C2H6/c1-5-45(53)65-29-9-7-27-63-37-19-15-35(16-20-37)47(55)67-39-23-25-43(41(31-39)51(59)61-3)69-49(57)33-11-13-34(14-12-33)50(58)70-44-26-24-40(32-42(44)52(60)62-4)68-48(56)36-17-21-38(22-18-36)64-28-8-10-30-66-46(54)6-2;1-2/h5-6,15-26,31-34H,1-2,7-14,27-30H2,3-4H3;1-2H3. The fourth-order valence-electron chi connectivity index (χ4n) is 6.77. The maximum atomic E-state index is 13.4. The zero-order chi connectivity index (χ0) is 52.4. The van der Waals surface area contributed by atoms with Crippen LogP contribution in [0.2, 0.25) is 0 Å². The number of ether oxygens (including phenoxy) is 10. The van der Waals surface area contributed by atoms with Crippen molar-refractivity contribution in [1.29, 1.82) is 0 Å². The van der Waals surface area contributed by atoms with E-state index in [1.54, 1.807) is 24.3 Å². The number of carbonyl (C=O) groups is 8. The van der Waals surface area contributed by atoms with E-state index in [0.29, 0.717) is 50.4 Å². The lowest BCUT2D eigenvalue weighted by Gasteiger charge is -2.26. The lowest BCUT2D eigenvalue weighted by Crippen LogP contribution is -2.31. The van der Waals surface area contributed by atoms with E-state index in [2.05, 4.69) is 13.2 Å². The number of unbranched alkanes of at least 4 members (excludes halogenated alkanes) is 2. The number of methoxy groups -OCH3 is 2. The van der Waals surface area contributed by atoms with Crippen LogP contribution < -0.4 is 28.4 Å². The molecule has 1 aliphatic rings. The monoisotopic (exact) mass is 994 g/mol. The van der Waals surface area contributed by atoms with Crippen LogP contribution in [0.25, 0.3) is 0 Å². The molecule has 0 amide bonds. The van der Waals surface area contributed by atoms with E-state index in [9.17, 15) is 38.4 Å². The van der Waals surface area contributed by atoms with Crippen LogP contribution >= 0.6 is 0 Å². The quantitative estimate of drug-likeness (QED) is 0.0210. The topological polar surface area (TPSA) is 229 Å². The molecular weight excluding hydrogens is 937 g/mol. The molecule has 72 heavy (non-hydrogen) atoms. The first kappa shape index (κ1) is 56.3. The van der Waals surface area contributed by atoms with Crippen LogP contribution in [-0.2, 0) is 38.1 Å². The highest BCUT2D eigenvalue weighted by molar-refractivity contribution is 5.96. The Bertz CT molecular complexity index is 2340. The summed E-state index contributed by atoms with van der Waals surface area (Å²) in [5, 5.41) is 0. The maximum Gasteiger partial charge on any atom is 0.343 e. The summed E-state index contributed by atoms with van der Waals surface area (Å²) >= 11 is 0. The molecule has 0 unspecified atom stereocenters. The smallest absolute Gasteiger partial charge is 0.343 e. The van der Waals surface area contributed by atoms with Crippen molar-refractivity contribution >= 4 is 47.8 Å². The van der Waals surface area contributed by atoms with Gasteiger partial charge in [0.25, 0.3) is 0 Å². The summed E-state index contributed by atoms with van der Waals surface area (Å²) in [6.45, 7) is 11.9. The summed E-state index contributed by atoms with van der Waals surface area (Å²) in [5.74, 6) is -5.99. The van der Waals surface area contributed by atoms with Crippen LogP contribution in [0, 0.1) is 11.8 Å². The average molecular weight is 995 g/mol. The van der Waals surface area contributed by atoms with Gasteiger partial charge in [0.15, 0.2) is 0 Å². The molecule has 0 spiro atoms. The van der Waals surface area contributed by atoms with E-state index < -0.39 is 59.6 Å². The van der Waals surface area contributed by atoms with E-state index in [1.165, 1.54) is 60.7 Å². The third-order valence-electron chi connectivity index (χ3n) is 10.6. The molecule has 18 nitrogen and oxygen atoms in total. The molecule has 0 heterocycles. The minimum Gasteiger partial charge on any atom is -0.494 e. The van der Waals surface area contributed by atoms with Gasteiger partial charge in [0, 0.05) is 12.2 Å². The van der Waals surface area contributed by atoms with Crippen molar-refractivity contribution in [3.05, 3.63) is 132 Å². The molecule has 1 fully saturated rings. The largest absolute Gasteiger partial charge is 0.494 e. The zero-order valence-corrected chi connectivity index (χ0v) is 40.6. The SMILES string of the molecule is C=CC(=O)OCCCCOc1ccc(C(=O)Oc2ccc(OC(=O)C3CCC(C(=O)Oc4ccc(OC(=O)c5ccc(OCCCCOC(=O)C=C)cc5)cc4C(=O)OC)CC3)c(C(=O)OC)c2)cc1.CC. The molecule has 0 N–H and O–H groups in total. The van der Waals surface area contributed by atoms with Crippen molar-refractivity contribution in [3.8, 4) is 34.5 Å². The van der Waals surface area contributed by atoms with Gasteiger partial charge in [-0.3, -0.25) is 9.59 Å². The second kappa shape index (κ2) is 29.7. The van der Waals surface area contributed by atoms with E-state index in [4.69, 9.17) is 47.4 Å². The highest BCUT2D eigenvalue weighted by atomic mass is 16.6. The van der Waals surface area contributed by atoms with Crippen LogP contribution in [0.1, 0.15) is 107 Å². The zero-order valence-electron chi connectivity index (χ0n) is 40.6. The van der Waals surface area contributed by atoms with Crippen molar-refractivity contribution in [2.75, 3.05) is 40.6 Å². The normalized spacial score (nSPS) is 13.5. The van der Waals surface area contributed by atoms with Gasteiger partial charge < -0.3 is 47.4 Å². The van der Waals surface area contributed by atoms with E-state index in [0.717, 1.165) is 26.4 Å². The third kappa shape index (κ3) is 17.6. The maximum absolute atomic E-state index is 13.4. The molecule has 0 bridgehead atoms. The first-order valence-electron chi connectivity index (χ1n) is 23.2. The van der Waals surface area contributed by atoms with Crippen molar-refractivity contribution < 1.29 is 85.7 Å². The molecule has 0 saturated heterocycles. The minimum absolute atomic E-state index is 0.0165. The number of rotatable bonds is 24. The second-order valence-corrected chi connectivity index (χ2v) is 15.4. The van der Waals surface area contributed by atoms with Crippen LogP contribution in [0.15, 0.2) is 110 Å². The first-order chi connectivity index (χ1) is 34.8. The lowest BCUT2D eigenvalue weighted by atomic mass is 9.82. The number of benzene rings is 4. The van der Waals surface area contributed by atoms with Gasteiger partial charge in [-0.1, -0.05) is 27.0 Å². The minimum atomic E-state index is -0.849. The Morgan fingerprint density at radius 1 is 0.458 bits per heavy atom. The summed E-state index contributed by atoms with van der Waals surface area (Å²) < 4.78 is 53.2. The Morgan fingerprint density at radius 2 is 0.792 bits per heavy atom. The molecule has 4 aromatic rings. The van der Waals surface area contributed by atoms with Crippen LogP contribution in [0.3, 0.4) is 0 Å². The van der Waals surface area contributed by atoms with Crippen molar-refractivity contribution in [1.82, 2.24) is 0 Å². The molecule has 4 aromatic carbocycles. The third-order valence-corrected chi connectivity index (χ3v) is 10.6. The highest BCUT2D eigenvalue weighted by Gasteiger charge is 2.34. The van der Waals surface area contributed by atoms with Gasteiger partial charge in [0.1, 0.15) is 45.6 Å². The molecule has 0 atom stereocenters. The summed E-state index contributed by atoms with van der Waals surface area (Å²) in [5.41, 5.74) is 0.0565. The fraction of sp³-hybridized carbons (Fsp3) is 0.333. The van der Waals surface area contributed by atoms with Gasteiger partial charge in [-0.15, -0.1) is 0 Å². The van der Waals surface area contributed by atoms with Crippen molar-refractivity contribution in [2.45, 2.75) is 65.2 Å². The van der Waals surface area contributed by atoms with Gasteiger partial charge in [-0.05, 0) is 136 Å². The van der Waals surface area contributed by atoms with E-state index in [-0.39, 0.29) is 84.1 Å². The summed E-state index contributed by atoms with van der Waals surface area (Å²) in [4.78, 5) is 100. The molecule has 1 saturated carbocycles. The van der Waals surface area contributed by atoms with Gasteiger partial charge in [-0.2, -0.15) is 0 Å². The van der Waals surface area contributed by atoms with Gasteiger partial charge in [-0.25, -0.2) is 28.8 Å². The summed E-state index contributed by atoms with van der Waals surface area (Å²) in [6, 6.07) is 20.2. The number of esters is 8. The predicted octanol–water partition coefficient (Wildman–Crippen LogP) is 8.82. The Kier molecular flexibility index (Phi) is 23.2. The molecule has 1 aliphatic carbocycles. The summed E-state index contributed by atoms with van der Waals surface area (Å²) in [7, 11) is 2.29. The predicted molar refractivity (Wildman–Crippen MR) is 258 cm³/mol. The highest BCUT2D eigenvalue weighted by Crippen LogP contribution is 2.34. The number of carbonyl (C=O) groups excluding carboxylic acids is 8. The van der Waals surface area contributed by atoms with Crippen LogP contribution in [0.4, 0.5) is 0 Å². The molecule has 18 heteroatoms. The Morgan fingerprint density at radius 3 is 1.12 bits per heavy atom. The number of hydrogen-bond acceptors (Lipinski definition) is 18. The van der Waals surface area contributed by atoms with Crippen molar-refractivity contribution in [2.24, 2.45) is 11.8 Å². The molecule has 0 radical (unpaired) electrons. The van der Waals surface area contributed by atoms with Crippen molar-refractivity contribution in [3.63, 3.8) is 0 Å². The van der Waals surface area contributed by atoms with Gasteiger partial charge in [0.05, 0.1) is 63.6 Å². The molecule has 382 valence electrons.